The van der Waals surface area contributed by atoms with Gasteiger partial charge in [-0.3, -0.25) is 4.79 Å². The lowest BCUT2D eigenvalue weighted by Gasteiger charge is -2.31. The summed E-state index contributed by atoms with van der Waals surface area (Å²) < 4.78 is 0. The van der Waals surface area contributed by atoms with Gasteiger partial charge < -0.3 is 16.0 Å². The van der Waals surface area contributed by atoms with Crippen LogP contribution in [-0.4, -0.2) is 36.5 Å². The molecular weight excluding hydrogens is 250 g/mol. The summed E-state index contributed by atoms with van der Waals surface area (Å²) in [5.41, 5.74) is 7.36. The summed E-state index contributed by atoms with van der Waals surface area (Å²) in [5, 5.41) is 3.07. The molecule has 20 heavy (non-hydrogen) atoms. The van der Waals surface area contributed by atoms with E-state index in [1.165, 1.54) is 0 Å². The molecule has 2 rings (SSSR count). The van der Waals surface area contributed by atoms with E-state index in [9.17, 15) is 4.79 Å². The van der Waals surface area contributed by atoms with Gasteiger partial charge in [-0.05, 0) is 49.7 Å². The topological polar surface area (TPSA) is 58.4 Å². The molecule has 1 atom stereocenters. The van der Waals surface area contributed by atoms with Gasteiger partial charge in [0.15, 0.2) is 0 Å². The van der Waals surface area contributed by atoms with Crippen LogP contribution in [0, 0.1) is 0 Å². The van der Waals surface area contributed by atoms with Gasteiger partial charge in [-0.15, -0.1) is 0 Å². The third-order valence-electron chi connectivity index (χ3n) is 3.64. The highest BCUT2D eigenvalue weighted by Gasteiger charge is 2.19. The summed E-state index contributed by atoms with van der Waals surface area (Å²) in [6.07, 6.45) is 5.60. The van der Waals surface area contributed by atoms with Gasteiger partial charge in [-0.2, -0.15) is 0 Å². The van der Waals surface area contributed by atoms with Crippen molar-refractivity contribution in [1.29, 1.82) is 0 Å². The zero-order valence-electron chi connectivity index (χ0n) is 12.0. The Morgan fingerprint density at radius 3 is 3.15 bits per heavy atom. The number of benzene rings is 1. The molecule has 0 aromatic heterocycles. The number of anilines is 1. The predicted octanol–water partition coefficient (Wildman–Crippen LogP) is 1.88. The van der Waals surface area contributed by atoms with Gasteiger partial charge in [0.05, 0.1) is 0 Å². The van der Waals surface area contributed by atoms with Gasteiger partial charge in [-0.25, -0.2) is 0 Å². The molecule has 1 aromatic carbocycles. The Kier molecular flexibility index (Phi) is 5.18. The van der Waals surface area contributed by atoms with Crippen LogP contribution in [0.3, 0.4) is 0 Å². The molecule has 0 radical (unpaired) electrons. The van der Waals surface area contributed by atoms with E-state index in [-0.39, 0.29) is 11.9 Å². The number of likely N-dealkylation sites (tertiary alicyclic amines) is 1. The molecule has 1 unspecified atom stereocenters. The average Bonchev–Trinajstić information content (AvgIpc) is 2.45. The zero-order valence-corrected chi connectivity index (χ0v) is 12.0. The summed E-state index contributed by atoms with van der Waals surface area (Å²) in [7, 11) is 0. The van der Waals surface area contributed by atoms with Gasteiger partial charge in [0, 0.05) is 24.4 Å². The molecule has 1 amide bonds. The van der Waals surface area contributed by atoms with Crippen molar-refractivity contribution in [1.82, 2.24) is 10.2 Å². The maximum Gasteiger partial charge on any atom is 0.244 e. The van der Waals surface area contributed by atoms with E-state index in [1.807, 2.05) is 24.3 Å². The fraction of sp³-hybridized carbons (Fsp3) is 0.438. The van der Waals surface area contributed by atoms with Crippen LogP contribution in [0.5, 0.6) is 0 Å². The summed E-state index contributed by atoms with van der Waals surface area (Å²) >= 11 is 0. The molecule has 1 fully saturated rings. The molecule has 1 heterocycles. The highest BCUT2D eigenvalue weighted by atomic mass is 16.1. The molecule has 0 aliphatic carbocycles. The normalized spacial score (nSPS) is 20.1. The fourth-order valence-corrected chi connectivity index (χ4v) is 2.54. The van der Waals surface area contributed by atoms with E-state index >= 15 is 0 Å². The molecule has 1 saturated heterocycles. The van der Waals surface area contributed by atoms with Crippen molar-refractivity contribution in [3.05, 3.63) is 35.9 Å². The highest BCUT2D eigenvalue weighted by molar-refractivity contribution is 5.92. The Balaban J connectivity index is 1.86. The number of hydrogen-bond acceptors (Lipinski definition) is 3. The fourth-order valence-electron chi connectivity index (χ4n) is 2.54. The Morgan fingerprint density at radius 2 is 2.40 bits per heavy atom. The smallest absolute Gasteiger partial charge is 0.244 e. The molecule has 0 spiro atoms. The number of rotatable bonds is 4. The van der Waals surface area contributed by atoms with Gasteiger partial charge in [0.25, 0.3) is 0 Å². The van der Waals surface area contributed by atoms with Crippen LogP contribution in [0.1, 0.15) is 25.3 Å². The Hall–Kier alpha value is -1.81. The van der Waals surface area contributed by atoms with Gasteiger partial charge in [-0.1, -0.05) is 19.1 Å². The zero-order chi connectivity index (χ0) is 14.4. The van der Waals surface area contributed by atoms with Crippen LogP contribution in [0.15, 0.2) is 30.3 Å². The third kappa shape index (κ3) is 4.38. The quantitative estimate of drug-likeness (QED) is 0.650. The molecule has 108 valence electrons. The number of nitrogens with one attached hydrogen (secondary N) is 1. The SMILES string of the molecule is CCN1CCCC(NC(=O)/C=C/c2cccc(N)c2)C1. The van der Waals surface area contributed by atoms with Crippen LogP contribution in [0.25, 0.3) is 6.08 Å². The van der Waals surface area contributed by atoms with Crippen molar-refractivity contribution in [2.75, 3.05) is 25.4 Å². The molecular formula is C16H23N3O. The minimum absolute atomic E-state index is 0.0321. The van der Waals surface area contributed by atoms with E-state index in [4.69, 9.17) is 5.73 Å². The van der Waals surface area contributed by atoms with Crippen molar-refractivity contribution in [2.45, 2.75) is 25.8 Å². The number of carbonyl (C=O) groups is 1. The second-order valence-corrected chi connectivity index (χ2v) is 5.24. The van der Waals surface area contributed by atoms with Crippen molar-refractivity contribution in [2.24, 2.45) is 0 Å². The van der Waals surface area contributed by atoms with Crippen LogP contribution in [-0.2, 0) is 4.79 Å². The maximum atomic E-state index is 11.9. The summed E-state index contributed by atoms with van der Waals surface area (Å²) in [4.78, 5) is 14.3. The van der Waals surface area contributed by atoms with Crippen LogP contribution in [0.4, 0.5) is 5.69 Å². The number of nitrogens with zero attached hydrogens (tertiary/aromatic N) is 1. The highest BCUT2D eigenvalue weighted by Crippen LogP contribution is 2.10. The standard InChI is InChI=1S/C16H23N3O/c1-2-19-10-4-7-15(12-19)18-16(20)9-8-13-5-3-6-14(17)11-13/h3,5-6,8-9,11,15H,2,4,7,10,12,17H2,1H3,(H,18,20)/b9-8+. The number of hydrogen-bond donors (Lipinski definition) is 2. The minimum atomic E-state index is -0.0321. The summed E-state index contributed by atoms with van der Waals surface area (Å²) in [6.45, 7) is 5.30. The predicted molar refractivity (Wildman–Crippen MR) is 83.2 cm³/mol. The van der Waals surface area contributed by atoms with Crippen molar-refractivity contribution >= 4 is 17.7 Å². The maximum absolute atomic E-state index is 11.9. The number of nitrogens with two attached hydrogens (primary N) is 1. The van der Waals surface area contributed by atoms with E-state index < -0.39 is 0 Å². The average molecular weight is 273 g/mol. The first-order chi connectivity index (χ1) is 9.67. The lowest BCUT2D eigenvalue weighted by molar-refractivity contribution is -0.117. The van der Waals surface area contributed by atoms with Crippen molar-refractivity contribution in [3.63, 3.8) is 0 Å². The molecule has 1 aromatic rings. The summed E-state index contributed by atoms with van der Waals surface area (Å²) in [6, 6.07) is 7.76. The number of nitrogen functional groups attached to an aromatic ring is 1. The van der Waals surface area contributed by atoms with Crippen LogP contribution < -0.4 is 11.1 Å². The minimum Gasteiger partial charge on any atom is -0.399 e. The monoisotopic (exact) mass is 273 g/mol. The van der Waals surface area contributed by atoms with E-state index in [2.05, 4.69) is 17.1 Å². The molecule has 3 N–H and O–H groups in total. The molecule has 4 nitrogen and oxygen atoms in total. The molecule has 0 bridgehead atoms. The van der Waals surface area contributed by atoms with Crippen molar-refractivity contribution < 1.29 is 4.79 Å². The van der Waals surface area contributed by atoms with Crippen molar-refractivity contribution in [3.8, 4) is 0 Å². The van der Waals surface area contributed by atoms with Gasteiger partial charge >= 0.3 is 0 Å². The number of piperidine rings is 1. The third-order valence-corrected chi connectivity index (χ3v) is 3.64. The first-order valence-corrected chi connectivity index (χ1v) is 7.24. The molecule has 0 saturated carbocycles. The number of likely N-dealkylation sites (N-methyl/N-ethyl adjacent to an activating group) is 1. The first-order valence-electron chi connectivity index (χ1n) is 7.24. The van der Waals surface area contributed by atoms with Crippen LogP contribution in [0.2, 0.25) is 0 Å². The molecule has 1 aliphatic heterocycles. The second-order valence-electron chi connectivity index (χ2n) is 5.24. The van der Waals surface area contributed by atoms with Gasteiger partial charge in [0.2, 0.25) is 5.91 Å². The van der Waals surface area contributed by atoms with Crippen LogP contribution >= 0.6 is 0 Å². The Morgan fingerprint density at radius 1 is 1.55 bits per heavy atom. The number of amides is 1. The van der Waals surface area contributed by atoms with E-state index in [1.54, 1.807) is 12.2 Å². The second kappa shape index (κ2) is 7.10. The van der Waals surface area contributed by atoms with E-state index in [0.29, 0.717) is 5.69 Å². The number of carbonyl (C=O) groups excluding carboxylic acids is 1. The largest absolute Gasteiger partial charge is 0.399 e. The molecule has 1 aliphatic rings. The lowest BCUT2D eigenvalue weighted by atomic mass is 10.1. The first kappa shape index (κ1) is 14.6. The van der Waals surface area contributed by atoms with Gasteiger partial charge in [0.1, 0.15) is 0 Å². The van der Waals surface area contributed by atoms with E-state index in [0.717, 1.165) is 38.0 Å². The lowest BCUT2D eigenvalue weighted by Crippen LogP contribution is -2.47. The summed E-state index contributed by atoms with van der Waals surface area (Å²) in [5.74, 6) is -0.0321. The molecule has 4 heteroatoms. The Labute approximate surface area is 120 Å². The Bertz CT molecular complexity index is 484.